The van der Waals surface area contributed by atoms with E-state index in [1.54, 1.807) is 6.07 Å². The highest BCUT2D eigenvalue weighted by atomic mass is 35.5. The number of carbonyl (C=O) groups excluding carboxylic acids is 1. The highest BCUT2D eigenvalue weighted by Gasteiger charge is 2.16. The van der Waals surface area contributed by atoms with Crippen LogP contribution in [0.15, 0.2) is 30.3 Å². The molecule has 0 aliphatic carbocycles. The van der Waals surface area contributed by atoms with E-state index in [0.717, 1.165) is 6.07 Å². The normalized spacial score (nSPS) is 9.85. The van der Waals surface area contributed by atoms with E-state index in [1.165, 1.54) is 24.3 Å². The first-order valence-electron chi connectivity index (χ1n) is 5.45. The number of aromatic nitrogens is 1. The predicted molar refractivity (Wildman–Crippen MR) is 72.7 cm³/mol. The average Bonchev–Trinajstić information content (AvgIpc) is 2.41. The molecule has 0 saturated heterocycles. The number of nitrogens with two attached hydrogens (primary N) is 1. The van der Waals surface area contributed by atoms with Crippen LogP contribution in [0.1, 0.15) is 16.1 Å². The minimum atomic E-state index is -0.725. The lowest BCUT2D eigenvalue weighted by Crippen LogP contribution is -2.16. The molecule has 20 heavy (non-hydrogen) atoms. The van der Waals surface area contributed by atoms with E-state index < -0.39 is 11.7 Å². The Morgan fingerprint density at radius 3 is 2.85 bits per heavy atom. The summed E-state index contributed by atoms with van der Waals surface area (Å²) >= 11 is 5.84. The number of hydrogen-bond acceptors (Lipinski definition) is 4. The lowest BCUT2D eigenvalue weighted by molar-refractivity contribution is 0.102. The van der Waals surface area contributed by atoms with Crippen LogP contribution in [-0.2, 0) is 0 Å². The van der Waals surface area contributed by atoms with Gasteiger partial charge in [-0.15, -0.1) is 0 Å². The van der Waals surface area contributed by atoms with Gasteiger partial charge in [-0.3, -0.25) is 4.79 Å². The Balaban J connectivity index is 2.36. The Morgan fingerprint density at radius 1 is 1.40 bits per heavy atom. The molecule has 0 radical (unpaired) electrons. The molecule has 0 atom stereocenters. The molecule has 2 rings (SSSR count). The summed E-state index contributed by atoms with van der Waals surface area (Å²) in [6.45, 7) is 0. The molecule has 0 aliphatic rings. The molecule has 7 heteroatoms. The van der Waals surface area contributed by atoms with Crippen LogP contribution in [0.4, 0.5) is 15.9 Å². The SMILES string of the molecule is N#Cc1c(F)cccc1NC(=O)c1nc(N)ccc1Cl. The number of nitrogen functional groups attached to an aromatic ring is 1. The fourth-order valence-corrected chi connectivity index (χ4v) is 1.73. The average molecular weight is 291 g/mol. The first-order valence-corrected chi connectivity index (χ1v) is 5.82. The van der Waals surface area contributed by atoms with Gasteiger partial charge in [-0.25, -0.2) is 9.37 Å². The Hall–Kier alpha value is -2.65. The van der Waals surface area contributed by atoms with Gasteiger partial charge in [0.05, 0.1) is 10.7 Å². The molecule has 1 amide bonds. The summed E-state index contributed by atoms with van der Waals surface area (Å²) < 4.78 is 13.4. The molecule has 1 aromatic heterocycles. The third-order valence-electron chi connectivity index (χ3n) is 2.46. The Labute approximate surface area is 118 Å². The van der Waals surface area contributed by atoms with Gasteiger partial charge in [0.15, 0.2) is 0 Å². The van der Waals surface area contributed by atoms with Crippen molar-refractivity contribution in [1.29, 1.82) is 5.26 Å². The summed E-state index contributed by atoms with van der Waals surface area (Å²) in [6.07, 6.45) is 0. The molecular weight excluding hydrogens is 283 g/mol. The number of anilines is 2. The highest BCUT2D eigenvalue weighted by Crippen LogP contribution is 2.21. The van der Waals surface area contributed by atoms with E-state index in [-0.39, 0.29) is 27.8 Å². The maximum Gasteiger partial charge on any atom is 0.275 e. The topological polar surface area (TPSA) is 91.8 Å². The first kappa shape index (κ1) is 13.8. The molecule has 0 spiro atoms. The summed E-state index contributed by atoms with van der Waals surface area (Å²) in [5.41, 5.74) is 5.16. The molecule has 0 aliphatic heterocycles. The van der Waals surface area contributed by atoms with Crippen LogP contribution >= 0.6 is 11.6 Å². The second-order valence-corrected chi connectivity index (χ2v) is 4.20. The standard InChI is InChI=1S/C13H8ClFN4O/c14-8-4-5-11(17)19-12(8)13(20)18-10-3-1-2-9(15)7(10)6-16/h1-5H,(H2,17,19)(H,18,20). The van der Waals surface area contributed by atoms with Gasteiger partial charge in [0.25, 0.3) is 5.91 Å². The van der Waals surface area contributed by atoms with Crippen molar-refractivity contribution in [3.05, 3.63) is 52.4 Å². The smallest absolute Gasteiger partial charge is 0.275 e. The summed E-state index contributed by atoms with van der Waals surface area (Å²) in [4.78, 5) is 15.8. The van der Waals surface area contributed by atoms with Crippen LogP contribution in [0.5, 0.6) is 0 Å². The molecule has 0 bridgehead atoms. The molecule has 0 saturated carbocycles. The van der Waals surface area contributed by atoms with Crippen LogP contribution < -0.4 is 11.1 Å². The highest BCUT2D eigenvalue weighted by molar-refractivity contribution is 6.34. The van der Waals surface area contributed by atoms with Crippen molar-refractivity contribution in [3.63, 3.8) is 0 Å². The van der Waals surface area contributed by atoms with Crippen LogP contribution in [0.3, 0.4) is 0 Å². The van der Waals surface area contributed by atoms with Crippen LogP contribution in [0.2, 0.25) is 5.02 Å². The van der Waals surface area contributed by atoms with Crippen molar-refractivity contribution in [1.82, 2.24) is 4.98 Å². The second kappa shape index (κ2) is 5.55. The zero-order valence-electron chi connectivity index (χ0n) is 10.0. The van der Waals surface area contributed by atoms with E-state index in [9.17, 15) is 9.18 Å². The molecule has 2 aromatic rings. The van der Waals surface area contributed by atoms with Crippen molar-refractivity contribution in [2.75, 3.05) is 11.1 Å². The number of hydrogen-bond donors (Lipinski definition) is 2. The van der Waals surface area contributed by atoms with Crippen molar-refractivity contribution >= 4 is 29.0 Å². The molecule has 100 valence electrons. The number of rotatable bonds is 2. The zero-order chi connectivity index (χ0) is 14.7. The fourth-order valence-electron chi connectivity index (χ4n) is 1.54. The Bertz CT molecular complexity index is 727. The van der Waals surface area contributed by atoms with E-state index in [0.29, 0.717) is 0 Å². The van der Waals surface area contributed by atoms with Crippen LogP contribution in [0, 0.1) is 17.1 Å². The number of amides is 1. The van der Waals surface area contributed by atoms with Crippen molar-refractivity contribution in [2.24, 2.45) is 0 Å². The van der Waals surface area contributed by atoms with Gasteiger partial charge in [-0.2, -0.15) is 5.26 Å². The zero-order valence-corrected chi connectivity index (χ0v) is 10.8. The fraction of sp³-hybridized carbons (Fsp3) is 0. The molecule has 0 fully saturated rings. The van der Waals surface area contributed by atoms with Gasteiger partial charge in [-0.05, 0) is 24.3 Å². The minimum Gasteiger partial charge on any atom is -0.384 e. The monoisotopic (exact) mass is 290 g/mol. The summed E-state index contributed by atoms with van der Waals surface area (Å²) in [5, 5.41) is 11.4. The number of carbonyl (C=O) groups is 1. The second-order valence-electron chi connectivity index (χ2n) is 3.79. The maximum absolute atomic E-state index is 13.4. The van der Waals surface area contributed by atoms with E-state index in [4.69, 9.17) is 22.6 Å². The van der Waals surface area contributed by atoms with Crippen LogP contribution in [-0.4, -0.2) is 10.9 Å². The number of halogens is 2. The lowest BCUT2D eigenvalue weighted by atomic mass is 10.2. The number of benzene rings is 1. The van der Waals surface area contributed by atoms with E-state index in [1.807, 2.05) is 0 Å². The van der Waals surface area contributed by atoms with Gasteiger partial charge in [0, 0.05) is 0 Å². The molecule has 3 N–H and O–H groups in total. The molecule has 5 nitrogen and oxygen atoms in total. The Morgan fingerprint density at radius 2 is 2.15 bits per heavy atom. The maximum atomic E-state index is 13.4. The largest absolute Gasteiger partial charge is 0.384 e. The predicted octanol–water partition coefficient (Wildman–Crippen LogP) is 2.58. The summed E-state index contributed by atoms with van der Waals surface area (Å²) in [7, 11) is 0. The minimum absolute atomic E-state index is 0.0396. The quantitative estimate of drug-likeness (QED) is 0.889. The van der Waals surface area contributed by atoms with Gasteiger partial charge in [-0.1, -0.05) is 17.7 Å². The summed E-state index contributed by atoms with van der Waals surface area (Å²) in [6, 6.07) is 8.45. The van der Waals surface area contributed by atoms with E-state index in [2.05, 4.69) is 10.3 Å². The van der Waals surface area contributed by atoms with Crippen molar-refractivity contribution in [2.45, 2.75) is 0 Å². The van der Waals surface area contributed by atoms with Crippen molar-refractivity contribution in [3.8, 4) is 6.07 Å². The number of pyridine rings is 1. The van der Waals surface area contributed by atoms with E-state index >= 15 is 0 Å². The van der Waals surface area contributed by atoms with Crippen LogP contribution in [0.25, 0.3) is 0 Å². The number of nitrogens with zero attached hydrogens (tertiary/aromatic N) is 2. The van der Waals surface area contributed by atoms with Gasteiger partial charge < -0.3 is 11.1 Å². The molecule has 1 aromatic carbocycles. The van der Waals surface area contributed by atoms with Gasteiger partial charge >= 0.3 is 0 Å². The summed E-state index contributed by atoms with van der Waals surface area (Å²) in [5.74, 6) is -1.28. The van der Waals surface area contributed by atoms with Gasteiger partial charge in [0.1, 0.15) is 29.0 Å². The molecule has 1 heterocycles. The Kier molecular flexibility index (Phi) is 3.82. The third kappa shape index (κ3) is 2.68. The first-order chi connectivity index (χ1) is 9.52. The lowest BCUT2D eigenvalue weighted by Gasteiger charge is -2.08. The molecule has 0 unspecified atom stereocenters. The third-order valence-corrected chi connectivity index (χ3v) is 2.76. The van der Waals surface area contributed by atoms with Gasteiger partial charge in [0.2, 0.25) is 0 Å². The number of nitrogens with one attached hydrogen (secondary N) is 1. The van der Waals surface area contributed by atoms with Crippen molar-refractivity contribution < 1.29 is 9.18 Å². The molecular formula is C13H8ClFN4O. The number of nitriles is 1.